The predicted molar refractivity (Wildman–Crippen MR) is 71.9 cm³/mol. The lowest BCUT2D eigenvalue weighted by Crippen LogP contribution is -2.04. The van der Waals surface area contributed by atoms with Gasteiger partial charge in [-0.25, -0.2) is 0 Å². The summed E-state index contributed by atoms with van der Waals surface area (Å²) in [6.07, 6.45) is 0. The fraction of sp³-hybridized carbons (Fsp3) is 0.154. The number of thioether (sulfide) groups is 1. The summed E-state index contributed by atoms with van der Waals surface area (Å²) < 4.78 is 0. The van der Waals surface area contributed by atoms with Crippen molar-refractivity contribution in [2.45, 2.75) is 12.7 Å². The zero-order valence-electron chi connectivity index (χ0n) is 9.16. The number of hydrogen-bond acceptors (Lipinski definition) is 2. The van der Waals surface area contributed by atoms with Gasteiger partial charge in [-0.3, -0.25) is 5.41 Å². The largest absolute Gasteiger partial charge is 0.379 e. The van der Waals surface area contributed by atoms with Gasteiger partial charge < -0.3 is 5.73 Å². The molecule has 0 heterocycles. The van der Waals surface area contributed by atoms with Gasteiger partial charge in [-0.1, -0.05) is 48.2 Å². The van der Waals surface area contributed by atoms with Crippen LogP contribution < -0.4 is 5.73 Å². The molecule has 0 saturated heterocycles. The van der Waals surface area contributed by atoms with Crippen LogP contribution in [0.4, 0.5) is 0 Å². The molecule has 3 heteroatoms. The van der Waals surface area contributed by atoms with Gasteiger partial charge in [0.2, 0.25) is 0 Å². The lowest BCUT2D eigenvalue weighted by Gasteiger charge is -2.08. The molecule has 2 aromatic rings. The molecule has 0 aromatic heterocycles. The summed E-state index contributed by atoms with van der Waals surface area (Å²) in [7, 11) is 0. The normalized spacial score (nSPS) is 10.6. The van der Waals surface area contributed by atoms with Gasteiger partial charge in [0.05, 0.1) is 0 Å². The first-order valence-electron chi connectivity index (χ1n) is 5.12. The average molecular weight is 230 g/mol. The molecular weight excluding hydrogens is 216 g/mol. The fourth-order valence-electron chi connectivity index (χ4n) is 1.78. The van der Waals surface area contributed by atoms with Crippen molar-refractivity contribution in [3.63, 3.8) is 0 Å². The Bertz CT molecular complexity index is 534. The molecule has 0 saturated carbocycles. The van der Waals surface area contributed by atoms with E-state index in [0.29, 0.717) is 0 Å². The summed E-state index contributed by atoms with van der Waals surface area (Å²) in [5, 5.41) is 9.93. The first-order valence-corrected chi connectivity index (χ1v) is 6.11. The Morgan fingerprint density at radius 1 is 1.25 bits per heavy atom. The Balaban J connectivity index is 2.40. The van der Waals surface area contributed by atoms with Crippen LogP contribution in [0.15, 0.2) is 36.4 Å². The standard InChI is InChI=1S/C13H14N2S/c1-9-11(8-16-13(14)15)7-6-10-4-2-3-5-12(9)10/h2-7H,8H2,1H3,(H3,14,15). The summed E-state index contributed by atoms with van der Waals surface area (Å²) in [6, 6.07) is 12.6. The molecule has 0 aliphatic rings. The molecule has 0 aliphatic carbocycles. The maximum atomic E-state index is 7.22. The van der Waals surface area contributed by atoms with E-state index >= 15 is 0 Å². The van der Waals surface area contributed by atoms with Gasteiger partial charge in [0, 0.05) is 5.75 Å². The Morgan fingerprint density at radius 3 is 2.75 bits per heavy atom. The van der Waals surface area contributed by atoms with Crippen LogP contribution in [0.1, 0.15) is 11.1 Å². The van der Waals surface area contributed by atoms with Crippen LogP contribution in [0.5, 0.6) is 0 Å². The van der Waals surface area contributed by atoms with Gasteiger partial charge in [0.15, 0.2) is 5.17 Å². The van der Waals surface area contributed by atoms with Crippen LogP contribution >= 0.6 is 11.8 Å². The highest BCUT2D eigenvalue weighted by Crippen LogP contribution is 2.24. The highest BCUT2D eigenvalue weighted by Gasteiger charge is 2.03. The lowest BCUT2D eigenvalue weighted by atomic mass is 10.0. The third kappa shape index (κ3) is 2.19. The molecule has 0 aliphatic heterocycles. The molecule has 82 valence electrons. The minimum atomic E-state index is 0.174. The van der Waals surface area contributed by atoms with Gasteiger partial charge >= 0.3 is 0 Å². The third-order valence-corrected chi connectivity index (χ3v) is 3.46. The third-order valence-electron chi connectivity index (χ3n) is 2.69. The summed E-state index contributed by atoms with van der Waals surface area (Å²) in [5.41, 5.74) is 7.88. The molecule has 0 spiro atoms. The molecule has 16 heavy (non-hydrogen) atoms. The van der Waals surface area contributed by atoms with Gasteiger partial charge in [-0.15, -0.1) is 0 Å². The first-order chi connectivity index (χ1) is 7.68. The van der Waals surface area contributed by atoms with E-state index in [-0.39, 0.29) is 5.17 Å². The molecule has 0 bridgehead atoms. The summed E-state index contributed by atoms with van der Waals surface area (Å²) in [5.74, 6) is 0.770. The second-order valence-corrected chi connectivity index (χ2v) is 4.74. The summed E-state index contributed by atoms with van der Waals surface area (Å²) in [6.45, 7) is 2.12. The van der Waals surface area contributed by atoms with Crippen molar-refractivity contribution in [1.29, 1.82) is 5.41 Å². The van der Waals surface area contributed by atoms with Gasteiger partial charge in [-0.2, -0.15) is 0 Å². The monoisotopic (exact) mass is 230 g/mol. The van der Waals surface area contributed by atoms with Gasteiger partial charge in [-0.05, 0) is 28.8 Å². The number of aryl methyl sites for hydroxylation is 1. The van der Waals surface area contributed by atoms with E-state index in [1.165, 1.54) is 33.7 Å². The summed E-state index contributed by atoms with van der Waals surface area (Å²) in [4.78, 5) is 0. The maximum Gasteiger partial charge on any atom is 0.151 e. The number of benzene rings is 2. The molecule has 0 fully saturated rings. The highest BCUT2D eigenvalue weighted by atomic mass is 32.2. The van der Waals surface area contributed by atoms with E-state index in [2.05, 4.69) is 37.3 Å². The van der Waals surface area contributed by atoms with Crippen molar-refractivity contribution in [3.8, 4) is 0 Å². The van der Waals surface area contributed by atoms with Crippen molar-refractivity contribution in [3.05, 3.63) is 47.5 Å². The van der Waals surface area contributed by atoms with Gasteiger partial charge in [0.1, 0.15) is 0 Å². The van der Waals surface area contributed by atoms with Crippen LogP contribution in [-0.4, -0.2) is 5.17 Å². The molecule has 2 rings (SSSR count). The van der Waals surface area contributed by atoms with E-state index < -0.39 is 0 Å². The van der Waals surface area contributed by atoms with Crippen molar-refractivity contribution in [2.24, 2.45) is 5.73 Å². The van der Waals surface area contributed by atoms with Crippen LogP contribution in [0.2, 0.25) is 0 Å². The number of amidine groups is 1. The van der Waals surface area contributed by atoms with E-state index in [1.54, 1.807) is 0 Å². The minimum Gasteiger partial charge on any atom is -0.379 e. The number of fused-ring (bicyclic) bond motifs is 1. The van der Waals surface area contributed by atoms with Crippen LogP contribution in [-0.2, 0) is 5.75 Å². The number of rotatable bonds is 2. The molecule has 2 nitrogen and oxygen atoms in total. The highest BCUT2D eigenvalue weighted by molar-refractivity contribution is 8.13. The first kappa shape index (κ1) is 11.0. The molecule has 0 atom stereocenters. The molecule has 0 radical (unpaired) electrons. The predicted octanol–water partition coefficient (Wildman–Crippen LogP) is 3.27. The zero-order chi connectivity index (χ0) is 11.5. The second kappa shape index (κ2) is 4.58. The molecule has 0 unspecified atom stereocenters. The molecular formula is C13H14N2S. The van der Waals surface area contributed by atoms with Gasteiger partial charge in [0.25, 0.3) is 0 Å². The van der Waals surface area contributed by atoms with Crippen molar-refractivity contribution >= 4 is 27.7 Å². The average Bonchev–Trinajstić information content (AvgIpc) is 2.28. The topological polar surface area (TPSA) is 49.9 Å². The Morgan fingerprint density at radius 2 is 2.00 bits per heavy atom. The van der Waals surface area contributed by atoms with E-state index in [4.69, 9.17) is 11.1 Å². The maximum absolute atomic E-state index is 7.22. The Kier molecular flexibility index (Phi) is 3.15. The quantitative estimate of drug-likeness (QED) is 0.614. The van der Waals surface area contributed by atoms with Crippen molar-refractivity contribution in [1.82, 2.24) is 0 Å². The number of nitrogens with one attached hydrogen (secondary N) is 1. The van der Waals surface area contributed by atoms with Crippen LogP contribution in [0.3, 0.4) is 0 Å². The van der Waals surface area contributed by atoms with E-state index in [9.17, 15) is 0 Å². The molecule has 0 amide bonds. The van der Waals surface area contributed by atoms with Crippen LogP contribution in [0.25, 0.3) is 10.8 Å². The minimum absolute atomic E-state index is 0.174. The Labute approximate surface area is 99.4 Å². The van der Waals surface area contributed by atoms with E-state index in [0.717, 1.165) is 5.75 Å². The smallest absolute Gasteiger partial charge is 0.151 e. The van der Waals surface area contributed by atoms with Crippen molar-refractivity contribution in [2.75, 3.05) is 0 Å². The fourth-order valence-corrected chi connectivity index (χ4v) is 2.41. The summed E-state index contributed by atoms with van der Waals surface area (Å²) >= 11 is 1.37. The van der Waals surface area contributed by atoms with E-state index in [1.807, 2.05) is 6.07 Å². The number of hydrogen-bond donors (Lipinski definition) is 2. The SMILES string of the molecule is Cc1c(CSC(=N)N)ccc2ccccc12. The Hall–Kier alpha value is -1.48. The second-order valence-electron chi connectivity index (χ2n) is 3.72. The van der Waals surface area contributed by atoms with Crippen LogP contribution in [0, 0.1) is 12.3 Å². The lowest BCUT2D eigenvalue weighted by molar-refractivity contribution is 1.34. The molecule has 2 aromatic carbocycles. The van der Waals surface area contributed by atoms with Crippen molar-refractivity contribution < 1.29 is 0 Å². The number of nitrogens with two attached hydrogens (primary N) is 1. The molecule has 3 N–H and O–H groups in total. The zero-order valence-corrected chi connectivity index (χ0v) is 9.97.